The van der Waals surface area contributed by atoms with E-state index >= 15 is 14.4 Å². The molecule has 30 heteroatoms. The predicted molar refractivity (Wildman–Crippen MR) is 371 cm³/mol. The summed E-state index contributed by atoms with van der Waals surface area (Å²) >= 11 is 0. The molecular formula is C67H101N19O11. The van der Waals surface area contributed by atoms with Crippen molar-refractivity contribution in [2.45, 2.75) is 178 Å². The molecule has 0 aliphatic rings. The topological polar surface area (TPSA) is 529 Å². The first-order chi connectivity index (χ1) is 46.3. The molecule has 0 radical (unpaired) electrons. The zero-order valence-corrected chi connectivity index (χ0v) is 55.9. The van der Waals surface area contributed by atoms with Gasteiger partial charge in [-0.1, -0.05) is 82.6 Å². The number of fused-ring (bicyclic) bond motifs is 2. The summed E-state index contributed by atoms with van der Waals surface area (Å²) in [5.74, 6) is -8.59. The number of carbonyl (C=O) groups excluding carboxylic acids is 8. The number of aliphatic carboxylic acids is 1. The van der Waals surface area contributed by atoms with Crippen LogP contribution in [0, 0.1) is 11.8 Å². The van der Waals surface area contributed by atoms with Crippen molar-refractivity contribution >= 4 is 87.0 Å². The Morgan fingerprint density at radius 3 is 1.33 bits per heavy atom. The van der Waals surface area contributed by atoms with Crippen molar-refractivity contribution < 1.29 is 53.4 Å². The smallest absolute Gasteiger partial charge is 0.326 e. The number of carbonyl (C=O) groups is 9. The van der Waals surface area contributed by atoms with Crippen LogP contribution in [0.4, 0.5) is 0 Å². The molecule has 2 heterocycles. The number of nitrogens with zero attached hydrogens (tertiary/aromatic N) is 2. The molecule has 8 amide bonds. The van der Waals surface area contributed by atoms with Gasteiger partial charge in [0.2, 0.25) is 47.3 Å². The Balaban J connectivity index is 1.47. The first-order valence-corrected chi connectivity index (χ1v) is 33.1. The highest BCUT2D eigenvalue weighted by Crippen LogP contribution is 2.23. The minimum Gasteiger partial charge on any atom is -0.508 e. The van der Waals surface area contributed by atoms with Crippen LogP contribution in [0.1, 0.15) is 121 Å². The van der Waals surface area contributed by atoms with E-state index in [9.17, 15) is 39.0 Å². The van der Waals surface area contributed by atoms with Crippen molar-refractivity contribution in [1.82, 2.24) is 52.5 Å². The minimum absolute atomic E-state index is 0.0154. The SMILES string of the molecule is CC[C@H](C)[C@H](NC(=O)[C@H](Cc1c[nH]c2ccccc12)NC(=O)[C@H](Cc1c[nH]c2ccccc12)NC(=O)[C@H](CCCCN)NC(=O)[C@H](CC(C)C)NC(=O)[C@H](CCCN=C(N)N)NC(=O)[C@H](CCCCN)NC(=O)[C@@H](N)CCCN=C(N)N)C(=O)N[C@@H](Cc1ccc(O)cc1)C(=O)O. The van der Waals surface area contributed by atoms with Gasteiger partial charge in [0, 0.05) is 66.6 Å². The van der Waals surface area contributed by atoms with Crippen LogP contribution >= 0.6 is 0 Å². The Hall–Kier alpha value is -9.81. The maximum absolute atomic E-state index is 15.3. The van der Waals surface area contributed by atoms with Crippen molar-refractivity contribution in [1.29, 1.82) is 0 Å². The van der Waals surface area contributed by atoms with Crippen LogP contribution in [0.5, 0.6) is 5.75 Å². The summed E-state index contributed by atoms with van der Waals surface area (Å²) < 4.78 is 0. The van der Waals surface area contributed by atoms with Gasteiger partial charge < -0.3 is 103 Å². The van der Waals surface area contributed by atoms with Gasteiger partial charge >= 0.3 is 5.97 Å². The molecule has 5 aromatic rings. The van der Waals surface area contributed by atoms with Gasteiger partial charge in [-0.3, -0.25) is 48.3 Å². The number of phenols is 1. The fourth-order valence-corrected chi connectivity index (χ4v) is 11.0. The Morgan fingerprint density at radius 1 is 0.474 bits per heavy atom. The van der Waals surface area contributed by atoms with E-state index in [1.165, 1.54) is 24.3 Å². The zero-order valence-electron chi connectivity index (χ0n) is 55.9. The van der Waals surface area contributed by atoms with Crippen LogP contribution < -0.4 is 82.7 Å². The van der Waals surface area contributed by atoms with Gasteiger partial charge in [-0.25, -0.2) is 4.79 Å². The van der Waals surface area contributed by atoms with Crippen LogP contribution in [0.2, 0.25) is 0 Å². The van der Waals surface area contributed by atoms with Crippen LogP contribution in [0.15, 0.2) is 95.2 Å². The third kappa shape index (κ3) is 25.7. The molecular weight excluding hydrogens is 1250 g/mol. The van der Waals surface area contributed by atoms with Gasteiger partial charge in [-0.2, -0.15) is 0 Å². The largest absolute Gasteiger partial charge is 0.508 e. The second-order valence-corrected chi connectivity index (χ2v) is 24.8. The molecule has 0 aliphatic heterocycles. The van der Waals surface area contributed by atoms with Crippen molar-refractivity contribution in [3.05, 3.63) is 102 Å². The number of aromatic amines is 2. The van der Waals surface area contributed by atoms with Crippen LogP contribution in [0.3, 0.4) is 0 Å². The molecule has 30 nitrogen and oxygen atoms in total. The van der Waals surface area contributed by atoms with Crippen molar-refractivity contribution in [3.8, 4) is 5.75 Å². The molecule has 3 aromatic carbocycles. The van der Waals surface area contributed by atoms with Crippen molar-refractivity contribution in [2.75, 3.05) is 26.2 Å². The first-order valence-electron chi connectivity index (χ1n) is 33.1. The molecule has 97 heavy (non-hydrogen) atoms. The van der Waals surface area contributed by atoms with E-state index in [0.717, 1.165) is 21.8 Å². The fraction of sp³-hybridized carbons (Fsp3) is 0.507. The van der Waals surface area contributed by atoms with Gasteiger partial charge in [-0.05, 0) is 137 Å². The molecule has 0 unspecified atom stereocenters. The Labute approximate surface area is 564 Å². The highest BCUT2D eigenvalue weighted by molar-refractivity contribution is 5.99. The summed E-state index contributed by atoms with van der Waals surface area (Å²) in [4.78, 5) is 144. The summed E-state index contributed by atoms with van der Waals surface area (Å²) in [5.41, 5.74) is 43.2. The monoisotopic (exact) mass is 1350 g/mol. The van der Waals surface area contributed by atoms with E-state index in [1.807, 2.05) is 62.4 Å². The number of hydrogen-bond acceptors (Lipinski definition) is 15. The molecule has 10 atom stereocenters. The second kappa shape index (κ2) is 39.9. The highest BCUT2D eigenvalue weighted by Gasteiger charge is 2.37. The van der Waals surface area contributed by atoms with Gasteiger partial charge in [0.25, 0.3) is 0 Å². The molecule has 0 aliphatic carbocycles. The van der Waals surface area contributed by atoms with Gasteiger partial charge in [-0.15, -0.1) is 0 Å². The number of benzene rings is 3. The van der Waals surface area contributed by atoms with Crippen molar-refractivity contribution in [2.24, 2.45) is 62.0 Å². The molecule has 5 rings (SSSR count). The van der Waals surface area contributed by atoms with Gasteiger partial charge in [0.05, 0.1) is 6.04 Å². The number of guanidine groups is 2. The molecule has 0 fully saturated rings. The van der Waals surface area contributed by atoms with Gasteiger partial charge in [0.15, 0.2) is 11.9 Å². The highest BCUT2D eigenvalue weighted by atomic mass is 16.4. The molecule has 0 spiro atoms. The normalized spacial score (nSPS) is 14.4. The number of amides is 8. The van der Waals surface area contributed by atoms with E-state index in [-0.39, 0.29) is 101 Å². The molecule has 0 saturated carbocycles. The maximum Gasteiger partial charge on any atom is 0.326 e. The van der Waals surface area contributed by atoms with E-state index in [4.69, 9.17) is 40.1 Å². The number of nitrogens with one attached hydrogen (secondary N) is 10. The van der Waals surface area contributed by atoms with E-state index < -0.39 is 114 Å². The Morgan fingerprint density at radius 2 is 0.876 bits per heavy atom. The number of carboxylic acids is 1. The summed E-state index contributed by atoms with van der Waals surface area (Å²) in [5, 5.41) is 43.9. The second-order valence-electron chi connectivity index (χ2n) is 24.8. The minimum atomic E-state index is -1.45. The average Bonchev–Trinajstić information content (AvgIpc) is 1.75. The summed E-state index contributed by atoms with van der Waals surface area (Å²) in [7, 11) is 0. The Kier molecular flexibility index (Phi) is 32.0. The number of para-hydroxylation sites is 2. The molecule has 2 aromatic heterocycles. The molecule has 0 bridgehead atoms. The number of rotatable bonds is 43. The standard InChI is InChI=1S/C67H101N19O11/c1-5-39(4)56(64(95)85-55(65(96)97)33-40-24-26-43(87)27-25-40)86-63(94)54(35-42-37-78-48-20-9-7-17-45(42)48)84-62(93)53(34-41-36-77-47-19-8-6-16-44(41)47)83-59(90)50(22-11-13-29-69)81-61(92)52(32-38(2)3)82-60(91)51(23-15-31-76-67(73)74)80-58(89)49(21-10-12-28-68)79-57(88)46(70)18-14-30-75-66(71)72/h6-9,16-17,19-20,24-27,36-39,46,49-56,77-78,87H,5,10-15,18,21-23,28-35,68-70H2,1-4H3,(H,79,88)(H,80,89)(H,81,92)(H,82,91)(H,83,90)(H,84,93)(H,85,95)(H,86,94)(H,96,97)(H4,71,72,75)(H4,73,74,76)/t39-,46-,49-,50-,51-,52-,53-,54-,55-,56-/m0/s1. The van der Waals surface area contributed by atoms with Crippen molar-refractivity contribution in [3.63, 3.8) is 0 Å². The van der Waals surface area contributed by atoms with E-state index in [2.05, 4.69) is 62.5 Å². The number of carboxylic acid groups (broad SMARTS) is 1. The first kappa shape index (κ1) is 77.9. The van der Waals surface area contributed by atoms with E-state index in [1.54, 1.807) is 26.2 Å². The fourth-order valence-electron chi connectivity index (χ4n) is 11.0. The lowest BCUT2D eigenvalue weighted by Crippen LogP contribution is -2.61. The van der Waals surface area contributed by atoms with E-state index in [0.29, 0.717) is 61.8 Å². The number of H-pyrrole nitrogens is 2. The summed E-state index contributed by atoms with van der Waals surface area (Å²) in [6, 6.07) is 8.68. The Bertz CT molecular complexity index is 3460. The molecule has 530 valence electrons. The summed E-state index contributed by atoms with van der Waals surface area (Å²) in [6.45, 7) is 7.99. The van der Waals surface area contributed by atoms with Crippen LogP contribution in [-0.4, -0.2) is 166 Å². The lowest BCUT2D eigenvalue weighted by molar-refractivity contribution is -0.142. The quantitative estimate of drug-likeness (QED) is 0.0140. The maximum atomic E-state index is 15.3. The number of unbranched alkanes of at least 4 members (excludes halogenated alkanes) is 2. The molecule has 0 saturated heterocycles. The number of aromatic hydroxyl groups is 1. The third-order valence-electron chi connectivity index (χ3n) is 16.6. The number of nitrogens with two attached hydrogens (primary N) is 7. The summed E-state index contributed by atoms with van der Waals surface area (Å²) in [6.07, 6.45) is 5.94. The van der Waals surface area contributed by atoms with Gasteiger partial charge in [0.1, 0.15) is 54.1 Å². The predicted octanol–water partition coefficient (Wildman–Crippen LogP) is 0.130. The number of hydrogen-bond donors (Lipinski definition) is 19. The lowest BCUT2D eigenvalue weighted by Gasteiger charge is -2.29. The average molecular weight is 1350 g/mol. The van der Waals surface area contributed by atoms with Crippen LogP contribution in [-0.2, 0) is 62.4 Å². The lowest BCUT2D eigenvalue weighted by atomic mass is 9.96. The number of aliphatic imine (C=N–C) groups is 2. The molecule has 26 N–H and O–H groups in total. The third-order valence-corrected chi connectivity index (χ3v) is 16.6. The number of aromatic nitrogens is 2. The van der Waals surface area contributed by atoms with Crippen LogP contribution in [0.25, 0.3) is 21.8 Å². The number of phenolic OH excluding ortho intramolecular Hbond substituents is 1. The zero-order chi connectivity index (χ0) is 71.1.